The zero-order chi connectivity index (χ0) is 14.9. The summed E-state index contributed by atoms with van der Waals surface area (Å²) in [5.41, 5.74) is 8.42. The van der Waals surface area contributed by atoms with Crippen molar-refractivity contribution in [1.82, 2.24) is 5.32 Å². The normalized spacial score (nSPS) is 11.6. The first-order chi connectivity index (χ1) is 10.3. The molecule has 0 aliphatic heterocycles. The van der Waals surface area contributed by atoms with Crippen LogP contribution < -0.4 is 11.1 Å². The number of nitrogens with zero attached hydrogens (tertiary/aromatic N) is 1. The Bertz CT molecular complexity index is 510. The summed E-state index contributed by atoms with van der Waals surface area (Å²) in [6, 6.07) is 20.9. The summed E-state index contributed by atoms with van der Waals surface area (Å²) in [6.45, 7) is 3.62. The molecule has 0 saturated carbocycles. The van der Waals surface area contributed by atoms with Gasteiger partial charge in [0, 0.05) is 12.5 Å². The first-order valence-corrected chi connectivity index (χ1v) is 7.45. The van der Waals surface area contributed by atoms with Crippen molar-refractivity contribution in [3.8, 4) is 0 Å². The van der Waals surface area contributed by atoms with Gasteiger partial charge in [-0.05, 0) is 17.5 Å². The minimum Gasteiger partial charge on any atom is -0.370 e. The molecule has 2 rings (SSSR count). The monoisotopic (exact) mass is 281 g/mol. The number of nitrogens with one attached hydrogen (secondary N) is 1. The zero-order valence-corrected chi connectivity index (χ0v) is 12.5. The third-order valence-electron chi connectivity index (χ3n) is 3.40. The Morgan fingerprint density at radius 1 is 1.00 bits per heavy atom. The minimum absolute atomic E-state index is 0.231. The van der Waals surface area contributed by atoms with E-state index in [-0.39, 0.29) is 5.92 Å². The molecule has 0 bridgehead atoms. The quantitative estimate of drug-likeness (QED) is 0.631. The fraction of sp³-hybridized carbons (Fsp3) is 0.278. The Morgan fingerprint density at radius 3 is 2.00 bits per heavy atom. The molecule has 2 aromatic rings. The SMILES string of the molecule is CCCNC(N)=NCC(c1ccccc1)c1ccccc1. The summed E-state index contributed by atoms with van der Waals surface area (Å²) in [6.07, 6.45) is 1.04. The Morgan fingerprint density at radius 2 is 1.52 bits per heavy atom. The number of benzene rings is 2. The van der Waals surface area contributed by atoms with E-state index in [1.807, 2.05) is 12.1 Å². The number of guanidine groups is 1. The van der Waals surface area contributed by atoms with Crippen molar-refractivity contribution in [3.63, 3.8) is 0 Å². The van der Waals surface area contributed by atoms with Crippen LogP contribution in [0.2, 0.25) is 0 Å². The molecule has 0 fully saturated rings. The second kappa shape index (κ2) is 8.10. The van der Waals surface area contributed by atoms with Crippen molar-refractivity contribution in [2.75, 3.05) is 13.1 Å². The van der Waals surface area contributed by atoms with Gasteiger partial charge in [0.2, 0.25) is 0 Å². The van der Waals surface area contributed by atoms with Crippen LogP contribution in [0, 0.1) is 0 Å². The fourth-order valence-electron chi connectivity index (χ4n) is 2.27. The molecule has 0 unspecified atom stereocenters. The van der Waals surface area contributed by atoms with Gasteiger partial charge in [-0.1, -0.05) is 67.6 Å². The van der Waals surface area contributed by atoms with Crippen LogP contribution in [-0.2, 0) is 0 Å². The Hall–Kier alpha value is -2.29. The molecule has 0 radical (unpaired) electrons. The lowest BCUT2D eigenvalue weighted by Gasteiger charge is -2.16. The molecule has 0 spiro atoms. The topological polar surface area (TPSA) is 50.4 Å². The second-order valence-electron chi connectivity index (χ2n) is 5.03. The molecule has 3 heteroatoms. The molecule has 0 heterocycles. The van der Waals surface area contributed by atoms with Gasteiger partial charge in [-0.2, -0.15) is 0 Å². The van der Waals surface area contributed by atoms with Gasteiger partial charge in [0.15, 0.2) is 5.96 Å². The van der Waals surface area contributed by atoms with Gasteiger partial charge < -0.3 is 11.1 Å². The van der Waals surface area contributed by atoms with Gasteiger partial charge in [0.25, 0.3) is 0 Å². The van der Waals surface area contributed by atoms with Gasteiger partial charge in [0.05, 0.1) is 6.54 Å². The summed E-state index contributed by atoms with van der Waals surface area (Å²) >= 11 is 0. The van der Waals surface area contributed by atoms with Gasteiger partial charge in [-0.25, -0.2) is 0 Å². The molecule has 21 heavy (non-hydrogen) atoms. The number of rotatable bonds is 6. The lowest BCUT2D eigenvalue weighted by molar-refractivity contribution is 0.790. The number of nitrogens with two attached hydrogens (primary N) is 1. The molecule has 0 saturated heterocycles. The third kappa shape index (κ3) is 4.63. The van der Waals surface area contributed by atoms with Crippen molar-refractivity contribution in [2.45, 2.75) is 19.3 Å². The van der Waals surface area contributed by atoms with E-state index in [4.69, 9.17) is 5.73 Å². The smallest absolute Gasteiger partial charge is 0.188 e. The van der Waals surface area contributed by atoms with Gasteiger partial charge in [-0.15, -0.1) is 0 Å². The van der Waals surface area contributed by atoms with Crippen LogP contribution in [-0.4, -0.2) is 19.0 Å². The third-order valence-corrected chi connectivity index (χ3v) is 3.40. The molecular weight excluding hydrogens is 258 g/mol. The predicted octanol–water partition coefficient (Wildman–Crippen LogP) is 3.13. The maximum Gasteiger partial charge on any atom is 0.188 e. The Balaban J connectivity index is 2.18. The van der Waals surface area contributed by atoms with E-state index in [1.165, 1.54) is 11.1 Å². The predicted molar refractivity (Wildman–Crippen MR) is 89.5 cm³/mol. The van der Waals surface area contributed by atoms with Crippen LogP contribution in [0.1, 0.15) is 30.4 Å². The van der Waals surface area contributed by atoms with Crippen molar-refractivity contribution >= 4 is 5.96 Å². The first kappa shape index (κ1) is 15.1. The van der Waals surface area contributed by atoms with Crippen LogP contribution in [0.15, 0.2) is 65.7 Å². The van der Waals surface area contributed by atoms with Crippen LogP contribution in [0.25, 0.3) is 0 Å². The highest BCUT2D eigenvalue weighted by Gasteiger charge is 2.13. The van der Waals surface area contributed by atoms with E-state index in [2.05, 4.69) is 65.8 Å². The lowest BCUT2D eigenvalue weighted by Crippen LogP contribution is -2.32. The minimum atomic E-state index is 0.231. The molecular formula is C18H23N3. The van der Waals surface area contributed by atoms with E-state index < -0.39 is 0 Å². The summed E-state index contributed by atoms with van der Waals surface area (Å²) in [7, 11) is 0. The summed E-state index contributed by atoms with van der Waals surface area (Å²) in [4.78, 5) is 4.50. The molecule has 0 aliphatic rings. The maximum atomic E-state index is 5.90. The highest BCUT2D eigenvalue weighted by atomic mass is 15.1. The molecule has 110 valence electrons. The van der Waals surface area contributed by atoms with Crippen LogP contribution in [0.4, 0.5) is 0 Å². The largest absolute Gasteiger partial charge is 0.370 e. The average Bonchev–Trinajstić information content (AvgIpc) is 2.55. The molecule has 2 aromatic carbocycles. The van der Waals surface area contributed by atoms with E-state index in [0.29, 0.717) is 12.5 Å². The van der Waals surface area contributed by atoms with E-state index in [1.54, 1.807) is 0 Å². The lowest BCUT2D eigenvalue weighted by atomic mass is 9.91. The summed E-state index contributed by atoms with van der Waals surface area (Å²) < 4.78 is 0. The first-order valence-electron chi connectivity index (χ1n) is 7.45. The van der Waals surface area contributed by atoms with E-state index in [0.717, 1.165) is 13.0 Å². The standard InChI is InChI=1S/C18H23N3/c1-2-13-20-18(19)21-14-17(15-9-5-3-6-10-15)16-11-7-4-8-12-16/h3-12,17H,2,13-14H2,1H3,(H3,19,20,21). The Kier molecular flexibility index (Phi) is 5.83. The summed E-state index contributed by atoms with van der Waals surface area (Å²) in [5.74, 6) is 0.753. The molecule has 0 aromatic heterocycles. The van der Waals surface area contributed by atoms with Crippen LogP contribution in [0.5, 0.6) is 0 Å². The van der Waals surface area contributed by atoms with Crippen molar-refractivity contribution in [2.24, 2.45) is 10.7 Å². The number of hydrogen-bond donors (Lipinski definition) is 2. The summed E-state index contributed by atoms with van der Waals surface area (Å²) in [5, 5.41) is 3.12. The van der Waals surface area contributed by atoms with E-state index in [9.17, 15) is 0 Å². The van der Waals surface area contributed by atoms with Crippen LogP contribution >= 0.6 is 0 Å². The highest BCUT2D eigenvalue weighted by Crippen LogP contribution is 2.24. The molecule has 0 atom stereocenters. The average molecular weight is 281 g/mol. The van der Waals surface area contributed by atoms with Crippen molar-refractivity contribution in [3.05, 3.63) is 71.8 Å². The number of aliphatic imine (C=N–C) groups is 1. The molecule has 0 amide bonds. The van der Waals surface area contributed by atoms with Crippen molar-refractivity contribution < 1.29 is 0 Å². The number of hydrogen-bond acceptors (Lipinski definition) is 1. The highest BCUT2D eigenvalue weighted by molar-refractivity contribution is 5.77. The fourth-order valence-corrected chi connectivity index (χ4v) is 2.27. The Labute approximate surface area is 126 Å². The molecule has 0 aliphatic carbocycles. The van der Waals surface area contributed by atoms with Gasteiger partial charge in [-0.3, -0.25) is 4.99 Å². The van der Waals surface area contributed by atoms with Crippen LogP contribution in [0.3, 0.4) is 0 Å². The second-order valence-corrected chi connectivity index (χ2v) is 5.03. The maximum absolute atomic E-state index is 5.90. The van der Waals surface area contributed by atoms with Gasteiger partial charge >= 0.3 is 0 Å². The molecule has 3 N–H and O–H groups in total. The zero-order valence-electron chi connectivity index (χ0n) is 12.5. The van der Waals surface area contributed by atoms with E-state index >= 15 is 0 Å². The van der Waals surface area contributed by atoms with Crippen molar-refractivity contribution in [1.29, 1.82) is 0 Å². The van der Waals surface area contributed by atoms with Gasteiger partial charge in [0.1, 0.15) is 0 Å². The molecule has 3 nitrogen and oxygen atoms in total.